The Bertz CT molecular complexity index is 297. The third-order valence-electron chi connectivity index (χ3n) is 1.31. The van der Waals surface area contributed by atoms with Crippen LogP contribution in [0.1, 0.15) is 22.3 Å². The number of aliphatic hydroxyl groups excluding tert-OH is 1. The number of pyridine rings is 1. The van der Waals surface area contributed by atoms with Gasteiger partial charge in [-0.1, -0.05) is 0 Å². The number of aromatic carboxylic acids is 1. The van der Waals surface area contributed by atoms with Gasteiger partial charge in [0.2, 0.25) is 0 Å². The minimum absolute atomic E-state index is 0.201. The van der Waals surface area contributed by atoms with Crippen LogP contribution >= 0.6 is 0 Å². The number of nitrogens with zero attached hydrogens (tertiary/aromatic N) is 1. The van der Waals surface area contributed by atoms with E-state index < -0.39 is 12.3 Å². The normalized spacial score (nSPS) is 10.2. The van der Waals surface area contributed by atoms with Crippen LogP contribution in [-0.2, 0) is 0 Å². The first kappa shape index (κ1) is 8.63. The summed E-state index contributed by atoms with van der Waals surface area (Å²) in [6, 6.07) is 2.67. The minimum atomic E-state index is -1.85. The lowest BCUT2D eigenvalue weighted by atomic mass is 10.2. The molecule has 5 heteroatoms. The molecule has 5 nitrogen and oxygen atoms in total. The smallest absolute Gasteiger partial charge is 0.337 e. The largest absolute Gasteiger partial charge is 0.478 e. The van der Waals surface area contributed by atoms with Crippen LogP contribution in [0.4, 0.5) is 0 Å². The van der Waals surface area contributed by atoms with Crippen molar-refractivity contribution in [3.8, 4) is 0 Å². The molecule has 0 unspecified atom stereocenters. The highest BCUT2D eigenvalue weighted by Crippen LogP contribution is 2.11. The predicted molar refractivity (Wildman–Crippen MR) is 38.4 cm³/mol. The number of aromatic nitrogens is 1. The molecule has 64 valence electrons. The molecule has 0 aliphatic heterocycles. The van der Waals surface area contributed by atoms with Crippen LogP contribution in [0.5, 0.6) is 0 Å². The van der Waals surface area contributed by atoms with Crippen molar-refractivity contribution in [3.63, 3.8) is 0 Å². The molecule has 0 bridgehead atoms. The average molecular weight is 169 g/mol. The summed E-state index contributed by atoms with van der Waals surface area (Å²) in [5.41, 5.74) is -0.447. The summed E-state index contributed by atoms with van der Waals surface area (Å²) in [4.78, 5) is 14.0. The summed E-state index contributed by atoms with van der Waals surface area (Å²) < 4.78 is 0. The zero-order valence-electron chi connectivity index (χ0n) is 6.01. The van der Waals surface area contributed by atoms with Crippen LogP contribution in [0.25, 0.3) is 0 Å². The molecule has 1 rings (SSSR count). The molecule has 12 heavy (non-hydrogen) atoms. The topological polar surface area (TPSA) is 90.7 Å². The molecule has 0 aliphatic rings. The van der Waals surface area contributed by atoms with Gasteiger partial charge in [0.05, 0.1) is 5.56 Å². The maximum Gasteiger partial charge on any atom is 0.337 e. The van der Waals surface area contributed by atoms with E-state index >= 15 is 0 Å². The van der Waals surface area contributed by atoms with Gasteiger partial charge in [0, 0.05) is 6.20 Å². The molecule has 0 spiro atoms. The number of hydrogen-bond acceptors (Lipinski definition) is 4. The van der Waals surface area contributed by atoms with Crippen molar-refractivity contribution < 1.29 is 20.1 Å². The van der Waals surface area contributed by atoms with Gasteiger partial charge in [-0.15, -0.1) is 0 Å². The number of hydrogen-bond donors (Lipinski definition) is 3. The van der Waals surface area contributed by atoms with Crippen LogP contribution in [0.3, 0.4) is 0 Å². The molecular formula is C7H7NO4. The zero-order valence-corrected chi connectivity index (χ0v) is 6.01. The van der Waals surface area contributed by atoms with E-state index in [0.29, 0.717) is 0 Å². The van der Waals surface area contributed by atoms with Gasteiger partial charge in [-0.25, -0.2) is 4.79 Å². The molecule has 0 fully saturated rings. The highest BCUT2D eigenvalue weighted by Gasteiger charge is 2.15. The highest BCUT2D eigenvalue weighted by atomic mass is 16.5. The summed E-state index contributed by atoms with van der Waals surface area (Å²) in [5, 5.41) is 25.9. The fourth-order valence-corrected chi connectivity index (χ4v) is 0.804. The van der Waals surface area contributed by atoms with Crippen molar-refractivity contribution in [2.75, 3.05) is 0 Å². The summed E-state index contributed by atoms with van der Waals surface area (Å²) in [5.74, 6) is -1.23. The lowest BCUT2D eigenvalue weighted by Gasteiger charge is -2.04. The highest BCUT2D eigenvalue weighted by molar-refractivity contribution is 5.88. The second-order valence-electron chi connectivity index (χ2n) is 2.12. The molecule has 0 saturated carbocycles. The molecular weight excluding hydrogens is 162 g/mol. The van der Waals surface area contributed by atoms with Gasteiger partial charge < -0.3 is 15.3 Å². The second kappa shape index (κ2) is 3.29. The average Bonchev–Trinajstić information content (AvgIpc) is 2.04. The van der Waals surface area contributed by atoms with E-state index in [0.717, 1.165) is 0 Å². The first-order valence-corrected chi connectivity index (χ1v) is 3.17. The monoisotopic (exact) mass is 169 g/mol. The van der Waals surface area contributed by atoms with Crippen LogP contribution in [0.2, 0.25) is 0 Å². The summed E-state index contributed by atoms with van der Waals surface area (Å²) in [7, 11) is 0. The van der Waals surface area contributed by atoms with Gasteiger partial charge in [-0.05, 0) is 12.1 Å². The van der Waals surface area contributed by atoms with E-state index in [1.807, 2.05) is 0 Å². The van der Waals surface area contributed by atoms with E-state index in [1.54, 1.807) is 0 Å². The van der Waals surface area contributed by atoms with Crippen molar-refractivity contribution in [2.24, 2.45) is 0 Å². The first-order chi connectivity index (χ1) is 5.63. The van der Waals surface area contributed by atoms with E-state index in [2.05, 4.69) is 4.98 Å². The maximum atomic E-state index is 10.5. The fourth-order valence-electron chi connectivity index (χ4n) is 0.804. The van der Waals surface area contributed by atoms with Crippen molar-refractivity contribution in [2.45, 2.75) is 6.29 Å². The predicted octanol–water partition coefficient (Wildman–Crippen LogP) is -0.237. The van der Waals surface area contributed by atoms with E-state index in [9.17, 15) is 4.79 Å². The SMILES string of the molecule is O=C(O)c1cccnc1C(O)O. The van der Waals surface area contributed by atoms with Crippen LogP contribution < -0.4 is 0 Å². The zero-order chi connectivity index (χ0) is 9.14. The Morgan fingerprint density at radius 1 is 1.50 bits per heavy atom. The Labute approximate surface area is 67.9 Å². The van der Waals surface area contributed by atoms with Gasteiger partial charge in [-0.3, -0.25) is 4.98 Å². The summed E-state index contributed by atoms with van der Waals surface area (Å²) in [6.45, 7) is 0. The van der Waals surface area contributed by atoms with E-state index in [1.165, 1.54) is 18.3 Å². The van der Waals surface area contributed by atoms with Gasteiger partial charge in [0.25, 0.3) is 0 Å². The van der Waals surface area contributed by atoms with Gasteiger partial charge in [0.15, 0.2) is 6.29 Å². The number of carbonyl (C=O) groups is 1. The quantitative estimate of drug-likeness (QED) is 0.531. The Balaban J connectivity index is 3.17. The van der Waals surface area contributed by atoms with Gasteiger partial charge in [-0.2, -0.15) is 0 Å². The van der Waals surface area contributed by atoms with E-state index in [-0.39, 0.29) is 11.3 Å². The van der Waals surface area contributed by atoms with Crippen molar-refractivity contribution in [1.29, 1.82) is 0 Å². The lowest BCUT2D eigenvalue weighted by molar-refractivity contribution is -0.0466. The van der Waals surface area contributed by atoms with E-state index in [4.69, 9.17) is 15.3 Å². The lowest BCUT2D eigenvalue weighted by Crippen LogP contribution is -2.08. The van der Waals surface area contributed by atoms with Crippen LogP contribution in [0.15, 0.2) is 18.3 Å². The third kappa shape index (κ3) is 1.58. The Morgan fingerprint density at radius 2 is 2.17 bits per heavy atom. The van der Waals surface area contributed by atoms with Crippen LogP contribution in [-0.4, -0.2) is 26.3 Å². The Morgan fingerprint density at radius 3 is 2.58 bits per heavy atom. The summed E-state index contributed by atoms with van der Waals surface area (Å²) in [6.07, 6.45) is -0.557. The van der Waals surface area contributed by atoms with Crippen molar-refractivity contribution in [1.82, 2.24) is 4.98 Å². The summed E-state index contributed by atoms with van der Waals surface area (Å²) >= 11 is 0. The van der Waals surface area contributed by atoms with Gasteiger partial charge >= 0.3 is 5.97 Å². The molecule has 0 radical (unpaired) electrons. The van der Waals surface area contributed by atoms with Crippen molar-refractivity contribution >= 4 is 5.97 Å². The molecule has 0 aliphatic carbocycles. The van der Waals surface area contributed by atoms with Crippen molar-refractivity contribution in [3.05, 3.63) is 29.6 Å². The second-order valence-corrected chi connectivity index (χ2v) is 2.12. The van der Waals surface area contributed by atoms with Crippen LogP contribution in [0, 0.1) is 0 Å². The maximum absolute atomic E-state index is 10.5. The molecule has 0 saturated heterocycles. The molecule has 0 amide bonds. The minimum Gasteiger partial charge on any atom is -0.478 e. The van der Waals surface area contributed by atoms with Gasteiger partial charge in [0.1, 0.15) is 5.69 Å². The standard InChI is InChI=1S/C7H7NO4/c9-6(10)4-2-1-3-8-5(4)7(11)12/h1-3,7,11-12H,(H,9,10). The molecule has 3 N–H and O–H groups in total. The number of carboxylic acids is 1. The third-order valence-corrected chi connectivity index (χ3v) is 1.31. The fraction of sp³-hybridized carbons (Fsp3) is 0.143. The number of carboxylic acid groups (broad SMARTS) is 1. The number of aliphatic hydroxyl groups is 2. The number of rotatable bonds is 2. The Kier molecular flexibility index (Phi) is 2.37. The molecule has 0 aromatic carbocycles. The Hall–Kier alpha value is -1.46. The molecule has 0 atom stereocenters. The first-order valence-electron chi connectivity index (χ1n) is 3.17. The molecule has 1 aromatic rings. The molecule has 1 aromatic heterocycles. The molecule has 1 heterocycles.